The zero-order valence-electron chi connectivity index (χ0n) is 17.1. The van der Waals surface area contributed by atoms with Gasteiger partial charge in [-0.05, 0) is 48.6 Å². The van der Waals surface area contributed by atoms with Crippen molar-refractivity contribution in [2.45, 2.75) is 32.7 Å². The molecule has 0 bridgehead atoms. The summed E-state index contributed by atoms with van der Waals surface area (Å²) >= 11 is 12.0. The van der Waals surface area contributed by atoms with Crippen molar-refractivity contribution in [1.82, 2.24) is 10.6 Å². The van der Waals surface area contributed by atoms with Crippen LogP contribution >= 0.6 is 23.2 Å². The summed E-state index contributed by atoms with van der Waals surface area (Å²) in [7, 11) is 0. The van der Waals surface area contributed by atoms with E-state index in [9.17, 15) is 9.59 Å². The lowest BCUT2D eigenvalue weighted by Crippen LogP contribution is -2.49. The highest BCUT2D eigenvalue weighted by molar-refractivity contribution is 6.36. The van der Waals surface area contributed by atoms with Crippen LogP contribution in [-0.2, 0) is 11.2 Å². The molecule has 1 heterocycles. The molecular weight excluding hydrogens is 423 g/mol. The molecule has 2 amide bonds. The summed E-state index contributed by atoms with van der Waals surface area (Å²) < 4.78 is 5.79. The second-order valence-corrected chi connectivity index (χ2v) is 8.86. The van der Waals surface area contributed by atoms with E-state index in [1.807, 2.05) is 38.1 Å². The minimum Gasteiger partial charge on any atom is -0.493 e. The van der Waals surface area contributed by atoms with Gasteiger partial charge in [-0.3, -0.25) is 9.59 Å². The highest BCUT2D eigenvalue weighted by Gasteiger charge is 2.25. The van der Waals surface area contributed by atoms with Gasteiger partial charge in [-0.15, -0.1) is 0 Å². The van der Waals surface area contributed by atoms with Crippen LogP contribution in [0.2, 0.25) is 10.0 Å². The number of benzene rings is 2. The van der Waals surface area contributed by atoms with Crippen molar-refractivity contribution in [3.8, 4) is 5.75 Å². The van der Waals surface area contributed by atoms with Crippen LogP contribution in [-0.4, -0.2) is 31.0 Å². The van der Waals surface area contributed by atoms with Crippen LogP contribution in [0, 0.1) is 11.8 Å². The van der Waals surface area contributed by atoms with E-state index in [2.05, 4.69) is 10.6 Å². The maximum absolute atomic E-state index is 12.9. The quantitative estimate of drug-likeness (QED) is 0.654. The van der Waals surface area contributed by atoms with Crippen LogP contribution in [0.15, 0.2) is 42.5 Å². The highest BCUT2D eigenvalue weighted by atomic mass is 35.5. The molecule has 5 nitrogen and oxygen atoms in total. The average Bonchev–Trinajstić information content (AvgIpc) is 2.70. The maximum atomic E-state index is 12.9. The van der Waals surface area contributed by atoms with Gasteiger partial charge in [0.05, 0.1) is 17.2 Å². The first kappa shape index (κ1) is 22.4. The molecule has 0 aromatic heterocycles. The number of amides is 2. The molecule has 0 radical (unpaired) electrons. The molecule has 30 heavy (non-hydrogen) atoms. The maximum Gasteiger partial charge on any atom is 0.253 e. The number of carbonyl (C=O) groups is 2. The first-order valence-electron chi connectivity index (χ1n) is 10.1. The third-order valence-corrected chi connectivity index (χ3v) is 5.57. The summed E-state index contributed by atoms with van der Waals surface area (Å²) in [6, 6.07) is 12.0. The summed E-state index contributed by atoms with van der Waals surface area (Å²) in [5, 5.41) is 6.50. The molecule has 1 aliphatic heterocycles. The number of ether oxygens (including phenoxy) is 1. The Morgan fingerprint density at radius 3 is 2.67 bits per heavy atom. The molecule has 2 N–H and O–H groups in total. The Hall–Kier alpha value is -2.24. The smallest absolute Gasteiger partial charge is 0.253 e. The van der Waals surface area contributed by atoms with Gasteiger partial charge in [0.15, 0.2) is 0 Å². The van der Waals surface area contributed by atoms with Crippen molar-refractivity contribution < 1.29 is 14.3 Å². The standard InChI is InChI=1S/C23H26Cl2N2O3/c1-14(2)9-20(27-22(28)18-8-7-17(24)11-19(18)25)23(29)26-12-15-10-16-5-3-4-6-21(16)30-13-15/h3-8,11,14-15,20H,9-10,12-13H2,1-2H3,(H,26,29)(H,27,28). The van der Waals surface area contributed by atoms with Gasteiger partial charge in [-0.2, -0.15) is 0 Å². The molecule has 2 unspecified atom stereocenters. The van der Waals surface area contributed by atoms with Gasteiger partial charge in [0, 0.05) is 17.5 Å². The Morgan fingerprint density at radius 2 is 1.93 bits per heavy atom. The van der Waals surface area contributed by atoms with Crippen molar-refractivity contribution in [3.63, 3.8) is 0 Å². The van der Waals surface area contributed by atoms with E-state index in [0.29, 0.717) is 30.2 Å². The molecule has 2 aromatic rings. The van der Waals surface area contributed by atoms with Crippen LogP contribution in [0.3, 0.4) is 0 Å². The predicted octanol–water partition coefficient (Wildman–Crippen LogP) is 4.51. The minimum absolute atomic E-state index is 0.185. The first-order chi connectivity index (χ1) is 14.3. The molecule has 2 aromatic carbocycles. The summed E-state index contributed by atoms with van der Waals surface area (Å²) in [6.45, 7) is 5.06. The summed E-state index contributed by atoms with van der Waals surface area (Å²) in [6.07, 6.45) is 1.37. The lowest BCUT2D eigenvalue weighted by Gasteiger charge is -2.26. The third kappa shape index (κ3) is 5.89. The van der Waals surface area contributed by atoms with Crippen LogP contribution < -0.4 is 15.4 Å². The SMILES string of the molecule is CC(C)CC(NC(=O)c1ccc(Cl)cc1Cl)C(=O)NCC1COc2ccccc2C1. The molecule has 1 aliphatic rings. The molecular formula is C23H26Cl2N2O3. The number of halogens is 2. The van der Waals surface area contributed by atoms with Crippen molar-refractivity contribution in [2.75, 3.05) is 13.2 Å². The second kappa shape index (κ2) is 10.2. The van der Waals surface area contributed by atoms with E-state index in [1.54, 1.807) is 12.1 Å². The predicted molar refractivity (Wildman–Crippen MR) is 119 cm³/mol. The normalized spacial score (nSPS) is 16.4. The van der Waals surface area contributed by atoms with Crippen molar-refractivity contribution in [2.24, 2.45) is 11.8 Å². The van der Waals surface area contributed by atoms with Gasteiger partial charge in [0.1, 0.15) is 11.8 Å². The third-order valence-electron chi connectivity index (χ3n) is 5.03. The molecule has 7 heteroatoms. The summed E-state index contributed by atoms with van der Waals surface area (Å²) in [5.41, 5.74) is 1.44. The number of para-hydroxylation sites is 1. The van der Waals surface area contributed by atoms with Gasteiger partial charge in [0.2, 0.25) is 5.91 Å². The Labute approximate surface area is 187 Å². The lowest BCUT2D eigenvalue weighted by atomic mass is 9.96. The zero-order chi connectivity index (χ0) is 21.7. The van der Waals surface area contributed by atoms with Crippen LogP contribution in [0.4, 0.5) is 0 Å². The second-order valence-electron chi connectivity index (χ2n) is 8.01. The molecule has 2 atom stereocenters. The Morgan fingerprint density at radius 1 is 1.17 bits per heavy atom. The molecule has 160 valence electrons. The highest BCUT2D eigenvalue weighted by Crippen LogP contribution is 2.26. The number of nitrogens with one attached hydrogen (secondary N) is 2. The van der Waals surface area contributed by atoms with E-state index in [0.717, 1.165) is 17.7 Å². The van der Waals surface area contributed by atoms with E-state index < -0.39 is 11.9 Å². The van der Waals surface area contributed by atoms with Gasteiger partial charge < -0.3 is 15.4 Å². The molecule has 0 saturated carbocycles. The molecule has 3 rings (SSSR count). The molecule has 0 spiro atoms. The minimum atomic E-state index is -0.652. The Kier molecular flexibility index (Phi) is 7.62. The number of carbonyl (C=O) groups excluding carboxylic acids is 2. The van der Waals surface area contributed by atoms with E-state index in [-0.39, 0.29) is 22.8 Å². The Bertz CT molecular complexity index is 917. The van der Waals surface area contributed by atoms with Crippen molar-refractivity contribution in [3.05, 3.63) is 63.6 Å². The van der Waals surface area contributed by atoms with E-state index in [1.165, 1.54) is 6.07 Å². The fourth-order valence-electron chi connectivity index (χ4n) is 3.50. The number of hydrogen-bond acceptors (Lipinski definition) is 3. The molecule has 0 saturated heterocycles. The van der Waals surface area contributed by atoms with Crippen molar-refractivity contribution in [1.29, 1.82) is 0 Å². The average molecular weight is 449 g/mol. The fraction of sp³-hybridized carbons (Fsp3) is 0.391. The monoisotopic (exact) mass is 448 g/mol. The summed E-state index contributed by atoms with van der Waals surface area (Å²) in [4.78, 5) is 25.5. The van der Waals surface area contributed by atoms with Gasteiger partial charge in [-0.1, -0.05) is 55.2 Å². The number of fused-ring (bicyclic) bond motifs is 1. The Balaban J connectivity index is 1.60. The fourth-order valence-corrected chi connectivity index (χ4v) is 4.00. The van der Waals surface area contributed by atoms with Gasteiger partial charge in [-0.25, -0.2) is 0 Å². The number of hydrogen-bond donors (Lipinski definition) is 2. The first-order valence-corrected chi connectivity index (χ1v) is 10.8. The van der Waals surface area contributed by atoms with Gasteiger partial charge in [0.25, 0.3) is 5.91 Å². The number of rotatable bonds is 7. The largest absolute Gasteiger partial charge is 0.493 e. The van der Waals surface area contributed by atoms with E-state index >= 15 is 0 Å². The lowest BCUT2D eigenvalue weighted by molar-refractivity contribution is -0.123. The van der Waals surface area contributed by atoms with Crippen LogP contribution in [0.25, 0.3) is 0 Å². The molecule has 0 aliphatic carbocycles. The van der Waals surface area contributed by atoms with E-state index in [4.69, 9.17) is 27.9 Å². The van der Waals surface area contributed by atoms with Crippen LogP contribution in [0.5, 0.6) is 5.75 Å². The summed E-state index contributed by atoms with van der Waals surface area (Å²) in [5.74, 6) is 0.717. The van der Waals surface area contributed by atoms with Gasteiger partial charge >= 0.3 is 0 Å². The van der Waals surface area contributed by atoms with Crippen molar-refractivity contribution >= 4 is 35.0 Å². The molecule has 0 fully saturated rings. The topological polar surface area (TPSA) is 67.4 Å². The van der Waals surface area contributed by atoms with Crippen LogP contribution in [0.1, 0.15) is 36.2 Å². The zero-order valence-corrected chi connectivity index (χ0v) is 18.6.